The fourth-order valence-corrected chi connectivity index (χ4v) is 3.58. The molecular weight excluding hydrogens is 470 g/mol. The van der Waals surface area contributed by atoms with Gasteiger partial charge in [0, 0.05) is 11.1 Å². The molecule has 0 heterocycles. The number of ether oxygens (including phenoxy) is 2. The highest BCUT2D eigenvalue weighted by molar-refractivity contribution is 5.77. The number of halogens is 4. The number of alkyl halides is 3. The Bertz CT molecular complexity index is 1080. The maximum atomic E-state index is 15.2. The molecule has 0 radical (unpaired) electrons. The molecule has 0 unspecified atom stereocenters. The molecule has 0 fully saturated rings. The molecule has 0 spiro atoms. The molecular formula is C25H29F4NO5. The molecule has 1 amide bonds. The largest absolute Gasteiger partial charge is 0.507 e. The second-order valence-corrected chi connectivity index (χ2v) is 9.09. The average molecular weight is 500 g/mol. The van der Waals surface area contributed by atoms with Crippen molar-refractivity contribution in [2.45, 2.75) is 65.8 Å². The zero-order chi connectivity index (χ0) is 26.7. The van der Waals surface area contributed by atoms with Crippen molar-refractivity contribution in [2.75, 3.05) is 6.61 Å². The monoisotopic (exact) mass is 499 g/mol. The number of rotatable bonds is 6. The number of phenols is 1. The van der Waals surface area contributed by atoms with Crippen LogP contribution >= 0.6 is 0 Å². The van der Waals surface area contributed by atoms with E-state index in [0.717, 1.165) is 6.07 Å². The number of amides is 1. The Balaban J connectivity index is 2.61. The zero-order valence-electron chi connectivity index (χ0n) is 20.4. The summed E-state index contributed by atoms with van der Waals surface area (Å²) in [4.78, 5) is 24.6. The summed E-state index contributed by atoms with van der Waals surface area (Å²) in [6.45, 7) is 9.37. The molecule has 0 aromatic heterocycles. The lowest BCUT2D eigenvalue weighted by Gasteiger charge is -2.25. The standard InChI is InChI=1S/C25H29F4NO5/c1-7-34-20(32)12-18(30-23(33)35-24(4,5)6)17-10-15(8-14(3)22(17)26)21-13(2)9-16(11-19(21)31)25(27,28)29/h8-11,18,31H,7,12H2,1-6H3,(H,30,33)/t18-/m0/s1. The number of aromatic hydroxyl groups is 1. The van der Waals surface area contributed by atoms with Crippen molar-refractivity contribution in [3.05, 3.63) is 52.3 Å². The summed E-state index contributed by atoms with van der Waals surface area (Å²) in [5.41, 5.74) is -1.53. The molecule has 0 bridgehead atoms. The Morgan fingerprint density at radius 1 is 1.06 bits per heavy atom. The van der Waals surface area contributed by atoms with Crippen molar-refractivity contribution in [3.63, 3.8) is 0 Å². The molecule has 2 N–H and O–H groups in total. The van der Waals surface area contributed by atoms with Crippen molar-refractivity contribution >= 4 is 12.1 Å². The summed E-state index contributed by atoms with van der Waals surface area (Å²) < 4.78 is 64.8. The number of esters is 1. The molecule has 0 aliphatic heterocycles. The molecule has 10 heteroatoms. The number of nitrogens with one attached hydrogen (secondary N) is 1. The third kappa shape index (κ3) is 7.34. The predicted octanol–water partition coefficient (Wildman–Crippen LogP) is 6.35. The van der Waals surface area contributed by atoms with Crippen molar-refractivity contribution in [3.8, 4) is 16.9 Å². The first-order chi connectivity index (χ1) is 16.0. The Labute approximate surface area is 201 Å². The van der Waals surface area contributed by atoms with Crippen molar-refractivity contribution in [1.82, 2.24) is 5.32 Å². The van der Waals surface area contributed by atoms with Crippen LogP contribution < -0.4 is 5.32 Å². The Hall–Kier alpha value is -3.30. The minimum absolute atomic E-state index is 0.0644. The van der Waals surface area contributed by atoms with Crippen LogP contribution in [0.5, 0.6) is 5.75 Å². The van der Waals surface area contributed by atoms with Crippen LogP contribution in [0.3, 0.4) is 0 Å². The van der Waals surface area contributed by atoms with E-state index in [4.69, 9.17) is 9.47 Å². The van der Waals surface area contributed by atoms with Crippen LogP contribution in [-0.4, -0.2) is 29.4 Å². The third-order valence-electron chi connectivity index (χ3n) is 4.96. The lowest BCUT2D eigenvalue weighted by molar-refractivity contribution is -0.143. The van der Waals surface area contributed by atoms with Crippen molar-refractivity contribution in [2.24, 2.45) is 0 Å². The number of phenolic OH excluding ortho intramolecular Hbond substituents is 1. The fourth-order valence-electron chi connectivity index (χ4n) is 3.58. The molecule has 0 aliphatic carbocycles. The van der Waals surface area contributed by atoms with Crippen LogP contribution in [-0.2, 0) is 20.4 Å². The van der Waals surface area contributed by atoms with E-state index >= 15 is 4.39 Å². The highest BCUT2D eigenvalue weighted by Gasteiger charge is 2.32. The maximum absolute atomic E-state index is 15.2. The molecule has 1 atom stereocenters. The lowest BCUT2D eigenvalue weighted by Crippen LogP contribution is -2.36. The summed E-state index contributed by atoms with van der Waals surface area (Å²) in [5, 5.41) is 12.9. The summed E-state index contributed by atoms with van der Waals surface area (Å²) in [7, 11) is 0. The van der Waals surface area contributed by atoms with Crippen LogP contribution in [0.2, 0.25) is 0 Å². The van der Waals surface area contributed by atoms with Crippen LogP contribution in [0.4, 0.5) is 22.4 Å². The molecule has 2 aromatic carbocycles. The minimum atomic E-state index is -4.66. The van der Waals surface area contributed by atoms with E-state index in [1.165, 1.54) is 26.0 Å². The smallest absolute Gasteiger partial charge is 0.416 e. The van der Waals surface area contributed by atoms with Gasteiger partial charge in [0.1, 0.15) is 17.2 Å². The summed E-state index contributed by atoms with van der Waals surface area (Å²) in [6, 6.07) is 2.90. The number of alkyl carbamates (subject to hydrolysis) is 1. The topological polar surface area (TPSA) is 84.9 Å². The van der Waals surface area contributed by atoms with Crippen LogP contribution in [0, 0.1) is 19.7 Å². The van der Waals surface area contributed by atoms with Crippen LogP contribution in [0.15, 0.2) is 24.3 Å². The molecule has 192 valence electrons. The first kappa shape index (κ1) is 27.9. The number of hydrogen-bond donors (Lipinski definition) is 2. The first-order valence-electron chi connectivity index (χ1n) is 10.9. The average Bonchev–Trinajstić information content (AvgIpc) is 2.67. The second-order valence-electron chi connectivity index (χ2n) is 9.09. The number of benzene rings is 2. The van der Waals surface area contributed by atoms with Gasteiger partial charge in [0.05, 0.1) is 24.6 Å². The lowest BCUT2D eigenvalue weighted by atomic mass is 9.91. The number of carbonyl (C=O) groups is 2. The quantitative estimate of drug-likeness (QED) is 0.357. The van der Waals surface area contributed by atoms with E-state index in [2.05, 4.69) is 5.32 Å². The Kier molecular flexibility index (Phi) is 8.41. The number of aryl methyl sites for hydroxylation is 2. The second kappa shape index (κ2) is 10.5. The maximum Gasteiger partial charge on any atom is 0.416 e. The summed E-state index contributed by atoms with van der Waals surface area (Å²) >= 11 is 0. The van der Waals surface area contributed by atoms with Gasteiger partial charge in [0.25, 0.3) is 0 Å². The fraction of sp³-hybridized carbons (Fsp3) is 0.440. The molecule has 2 rings (SSSR count). The highest BCUT2D eigenvalue weighted by Crippen LogP contribution is 2.40. The van der Waals surface area contributed by atoms with Gasteiger partial charge in [0.15, 0.2) is 0 Å². The Morgan fingerprint density at radius 2 is 1.69 bits per heavy atom. The van der Waals surface area contributed by atoms with Gasteiger partial charge in [-0.15, -0.1) is 0 Å². The third-order valence-corrected chi connectivity index (χ3v) is 4.96. The van der Waals surface area contributed by atoms with Gasteiger partial charge in [-0.25, -0.2) is 9.18 Å². The van der Waals surface area contributed by atoms with Crippen LogP contribution in [0.25, 0.3) is 11.1 Å². The van der Waals surface area contributed by atoms with Crippen molar-refractivity contribution in [1.29, 1.82) is 0 Å². The van der Waals surface area contributed by atoms with Gasteiger partial charge in [0.2, 0.25) is 0 Å². The van der Waals surface area contributed by atoms with Gasteiger partial charge in [-0.2, -0.15) is 13.2 Å². The molecule has 0 saturated heterocycles. The van der Waals surface area contributed by atoms with Gasteiger partial charge >= 0.3 is 18.2 Å². The van der Waals surface area contributed by atoms with E-state index in [9.17, 15) is 27.9 Å². The van der Waals surface area contributed by atoms with E-state index in [0.29, 0.717) is 6.07 Å². The number of carbonyl (C=O) groups excluding carboxylic acids is 2. The van der Waals surface area contributed by atoms with E-state index < -0.39 is 53.4 Å². The number of hydrogen-bond acceptors (Lipinski definition) is 5. The van der Waals surface area contributed by atoms with Gasteiger partial charge in [-0.1, -0.05) is 0 Å². The molecule has 35 heavy (non-hydrogen) atoms. The minimum Gasteiger partial charge on any atom is -0.507 e. The SMILES string of the molecule is CCOC(=O)C[C@H](NC(=O)OC(C)(C)C)c1cc(-c2c(C)cc(C(F)(F)F)cc2O)cc(C)c1F. The van der Waals surface area contributed by atoms with Crippen LogP contribution in [0.1, 0.15) is 62.4 Å². The van der Waals surface area contributed by atoms with E-state index in [1.807, 2.05) is 0 Å². The first-order valence-corrected chi connectivity index (χ1v) is 10.9. The van der Waals surface area contributed by atoms with Crippen molar-refractivity contribution < 1.29 is 41.7 Å². The Morgan fingerprint density at radius 3 is 2.20 bits per heavy atom. The molecule has 2 aromatic rings. The zero-order valence-corrected chi connectivity index (χ0v) is 20.4. The summed E-state index contributed by atoms with van der Waals surface area (Å²) in [6.07, 6.45) is -5.99. The molecule has 0 aliphatic rings. The van der Waals surface area contributed by atoms with E-state index in [1.54, 1.807) is 27.7 Å². The highest BCUT2D eigenvalue weighted by atomic mass is 19.4. The summed E-state index contributed by atoms with van der Waals surface area (Å²) in [5.74, 6) is -2.08. The van der Waals surface area contributed by atoms with Gasteiger partial charge in [-0.3, -0.25) is 4.79 Å². The molecule has 6 nitrogen and oxygen atoms in total. The predicted molar refractivity (Wildman–Crippen MR) is 121 cm³/mol. The normalized spacial score (nSPS) is 12.7. The van der Waals surface area contributed by atoms with E-state index in [-0.39, 0.29) is 34.4 Å². The van der Waals surface area contributed by atoms with Gasteiger partial charge < -0.3 is 19.9 Å². The molecule has 0 saturated carbocycles. The van der Waals surface area contributed by atoms with Gasteiger partial charge in [-0.05, 0) is 82.5 Å².